The Morgan fingerprint density at radius 2 is 1.95 bits per heavy atom. The minimum Gasteiger partial charge on any atom is -0.494 e. The van der Waals surface area contributed by atoms with Crippen molar-refractivity contribution in [1.29, 1.82) is 0 Å². The van der Waals surface area contributed by atoms with Crippen LogP contribution in [0.1, 0.15) is 50.2 Å². The van der Waals surface area contributed by atoms with Crippen molar-refractivity contribution < 1.29 is 23.2 Å². The Kier molecular flexibility index (Phi) is 7.52. The number of ether oxygens (including phenoxy) is 1. The molecule has 0 bridgehead atoms. The first-order chi connectivity index (χ1) is 18.5. The van der Waals surface area contributed by atoms with Gasteiger partial charge in [-0.1, -0.05) is 12.8 Å². The summed E-state index contributed by atoms with van der Waals surface area (Å²) in [5.74, 6) is 1.70. The van der Waals surface area contributed by atoms with E-state index in [1.807, 2.05) is 13.8 Å². The first-order valence-corrected chi connectivity index (χ1v) is 12.7. The molecule has 1 aliphatic carbocycles. The molecule has 11 nitrogen and oxygen atoms in total. The Morgan fingerprint density at radius 1 is 1.16 bits per heavy atom. The van der Waals surface area contributed by atoms with E-state index in [4.69, 9.17) is 13.6 Å². The number of hydrogen-bond acceptors (Lipinski definition) is 8. The number of anilines is 1. The number of nitrogens with one attached hydrogen (secondary N) is 1. The number of furan rings is 2. The van der Waals surface area contributed by atoms with Crippen LogP contribution in [0.3, 0.4) is 0 Å². The normalized spacial score (nSPS) is 14.4. The maximum Gasteiger partial charge on any atom is 0.251 e. The summed E-state index contributed by atoms with van der Waals surface area (Å²) in [6.45, 7) is 3.97. The number of carbonyl (C=O) groups is 2. The lowest BCUT2D eigenvalue weighted by molar-refractivity contribution is -0.128. The van der Waals surface area contributed by atoms with Crippen LogP contribution in [0.2, 0.25) is 0 Å². The molecule has 11 heteroatoms. The molecule has 1 atom stereocenters. The molecule has 198 valence electrons. The zero-order chi connectivity index (χ0) is 26.5. The molecule has 4 aromatic rings. The van der Waals surface area contributed by atoms with Gasteiger partial charge in [0.05, 0.1) is 12.9 Å². The molecule has 1 saturated carbocycles. The number of aryl methyl sites for hydroxylation is 1. The second-order valence-corrected chi connectivity index (χ2v) is 9.15. The van der Waals surface area contributed by atoms with Crippen molar-refractivity contribution in [3.63, 3.8) is 0 Å². The molecular weight excluding hydrogens is 488 g/mol. The van der Waals surface area contributed by atoms with Gasteiger partial charge in [-0.15, -0.1) is 10.2 Å². The van der Waals surface area contributed by atoms with E-state index in [9.17, 15) is 9.59 Å². The van der Waals surface area contributed by atoms with Crippen LogP contribution in [-0.4, -0.2) is 44.7 Å². The van der Waals surface area contributed by atoms with Gasteiger partial charge in [-0.25, -0.2) is 0 Å². The van der Waals surface area contributed by atoms with Crippen LogP contribution in [0.25, 0.3) is 11.6 Å². The van der Waals surface area contributed by atoms with Crippen LogP contribution in [0, 0.1) is 6.92 Å². The van der Waals surface area contributed by atoms with Crippen LogP contribution in [0.5, 0.6) is 5.75 Å². The van der Waals surface area contributed by atoms with Gasteiger partial charge in [-0.2, -0.15) is 4.80 Å². The Bertz CT molecular complexity index is 1350. The predicted octanol–water partition coefficient (Wildman–Crippen LogP) is 4.07. The molecule has 0 unspecified atom stereocenters. The number of hydrogen-bond donors (Lipinski definition) is 1. The molecule has 1 aromatic carbocycles. The minimum absolute atomic E-state index is 0.0635. The van der Waals surface area contributed by atoms with Crippen molar-refractivity contribution in [1.82, 2.24) is 25.5 Å². The Balaban J connectivity index is 1.47. The molecule has 1 aliphatic rings. The first kappa shape index (κ1) is 25.2. The highest BCUT2D eigenvalue weighted by Crippen LogP contribution is 2.31. The van der Waals surface area contributed by atoms with E-state index >= 15 is 0 Å². The van der Waals surface area contributed by atoms with Crippen LogP contribution in [-0.2, 0) is 16.1 Å². The lowest BCUT2D eigenvalue weighted by Crippen LogP contribution is -2.47. The fourth-order valence-electron chi connectivity index (χ4n) is 4.64. The quantitative estimate of drug-likeness (QED) is 0.333. The standard InChI is InChI=1S/C27H30N6O5/c1-3-36-21-13-11-20(12-14-21)33(24(34)17-32-30-26(29-31-32)23-15-10-18(2)38-23)25(22-9-6-16-37-22)27(35)28-19-7-4-5-8-19/h6,9-16,19,25H,3-5,7-8,17H2,1-2H3,(H,28,35)/t25-/m0/s1. The monoisotopic (exact) mass is 518 g/mol. The summed E-state index contributed by atoms with van der Waals surface area (Å²) in [6.07, 6.45) is 5.43. The van der Waals surface area contributed by atoms with E-state index < -0.39 is 11.9 Å². The van der Waals surface area contributed by atoms with Crippen molar-refractivity contribution in [3.8, 4) is 17.3 Å². The van der Waals surface area contributed by atoms with E-state index in [0.717, 1.165) is 25.7 Å². The summed E-state index contributed by atoms with van der Waals surface area (Å²) in [7, 11) is 0. The van der Waals surface area contributed by atoms with Gasteiger partial charge in [-0.05, 0) is 80.4 Å². The number of carbonyl (C=O) groups excluding carboxylic acids is 2. The van der Waals surface area contributed by atoms with Crippen molar-refractivity contribution in [2.75, 3.05) is 11.5 Å². The lowest BCUT2D eigenvalue weighted by Gasteiger charge is -2.30. The number of benzene rings is 1. The zero-order valence-corrected chi connectivity index (χ0v) is 21.4. The molecule has 1 fully saturated rings. The van der Waals surface area contributed by atoms with Crippen molar-refractivity contribution in [2.24, 2.45) is 0 Å². The molecule has 3 aromatic heterocycles. The highest BCUT2D eigenvalue weighted by Gasteiger charge is 2.36. The molecule has 2 amide bonds. The van der Waals surface area contributed by atoms with Crippen molar-refractivity contribution in [2.45, 2.75) is 58.2 Å². The van der Waals surface area contributed by atoms with Crippen LogP contribution >= 0.6 is 0 Å². The third-order valence-electron chi connectivity index (χ3n) is 6.41. The molecular formula is C27H30N6O5. The topological polar surface area (TPSA) is 129 Å². The van der Waals surface area contributed by atoms with Crippen LogP contribution in [0.15, 0.2) is 63.6 Å². The van der Waals surface area contributed by atoms with Crippen molar-refractivity contribution in [3.05, 3.63) is 66.3 Å². The molecule has 0 radical (unpaired) electrons. The second kappa shape index (κ2) is 11.3. The third kappa shape index (κ3) is 5.61. The van der Waals surface area contributed by atoms with Gasteiger partial charge in [0.15, 0.2) is 11.8 Å². The molecule has 0 aliphatic heterocycles. The average Bonchev–Trinajstić information content (AvgIpc) is 3.71. The maximum absolute atomic E-state index is 13.9. The fourth-order valence-corrected chi connectivity index (χ4v) is 4.64. The first-order valence-electron chi connectivity index (χ1n) is 12.7. The zero-order valence-electron chi connectivity index (χ0n) is 21.4. The number of aromatic nitrogens is 4. The largest absolute Gasteiger partial charge is 0.494 e. The molecule has 3 heterocycles. The highest BCUT2D eigenvalue weighted by molar-refractivity contribution is 6.01. The average molecular weight is 519 g/mol. The summed E-state index contributed by atoms with van der Waals surface area (Å²) in [5.41, 5.74) is 0.503. The van der Waals surface area contributed by atoms with Crippen LogP contribution < -0.4 is 15.0 Å². The summed E-state index contributed by atoms with van der Waals surface area (Å²) >= 11 is 0. The van der Waals surface area contributed by atoms with Gasteiger partial charge >= 0.3 is 0 Å². The van der Waals surface area contributed by atoms with Gasteiger partial charge < -0.3 is 18.9 Å². The molecule has 0 saturated heterocycles. The number of amides is 2. The van der Waals surface area contributed by atoms with E-state index in [2.05, 4.69) is 20.7 Å². The molecule has 1 N–H and O–H groups in total. The summed E-state index contributed by atoms with van der Waals surface area (Å²) in [4.78, 5) is 30.2. The molecule has 38 heavy (non-hydrogen) atoms. The SMILES string of the molecule is CCOc1ccc(N(C(=O)Cn2nnc(-c3ccc(C)o3)n2)[C@H](C(=O)NC2CCCC2)c2ccco2)cc1. The second-order valence-electron chi connectivity index (χ2n) is 9.15. The van der Waals surface area contributed by atoms with Gasteiger partial charge in [0.1, 0.15) is 23.8 Å². The number of nitrogens with zero attached hydrogens (tertiary/aromatic N) is 5. The van der Waals surface area contributed by atoms with Crippen LogP contribution in [0.4, 0.5) is 5.69 Å². The fraction of sp³-hybridized carbons (Fsp3) is 0.370. The summed E-state index contributed by atoms with van der Waals surface area (Å²) in [6, 6.07) is 13.0. The summed E-state index contributed by atoms with van der Waals surface area (Å²) in [5, 5.41) is 15.5. The molecule has 0 spiro atoms. The highest BCUT2D eigenvalue weighted by atomic mass is 16.5. The van der Waals surface area contributed by atoms with E-state index in [1.165, 1.54) is 16.0 Å². The third-order valence-corrected chi connectivity index (χ3v) is 6.41. The van der Waals surface area contributed by atoms with Gasteiger partial charge in [0.2, 0.25) is 5.82 Å². The predicted molar refractivity (Wildman–Crippen MR) is 137 cm³/mol. The lowest BCUT2D eigenvalue weighted by atomic mass is 10.1. The number of rotatable bonds is 10. The summed E-state index contributed by atoms with van der Waals surface area (Å²) < 4.78 is 16.8. The van der Waals surface area contributed by atoms with E-state index in [-0.39, 0.29) is 24.3 Å². The van der Waals surface area contributed by atoms with Crippen molar-refractivity contribution >= 4 is 17.5 Å². The number of tetrazole rings is 1. The van der Waals surface area contributed by atoms with Gasteiger partial charge in [-0.3, -0.25) is 14.5 Å². The Labute approximate surface area is 219 Å². The minimum atomic E-state index is -1.04. The van der Waals surface area contributed by atoms with E-state index in [1.54, 1.807) is 48.5 Å². The maximum atomic E-state index is 13.9. The van der Waals surface area contributed by atoms with Gasteiger partial charge in [0, 0.05) is 11.7 Å². The smallest absolute Gasteiger partial charge is 0.251 e. The van der Waals surface area contributed by atoms with Gasteiger partial charge in [0.25, 0.3) is 11.8 Å². The Morgan fingerprint density at radius 3 is 2.61 bits per heavy atom. The van der Waals surface area contributed by atoms with E-state index in [0.29, 0.717) is 35.3 Å². The molecule has 5 rings (SSSR count). The Hall–Kier alpha value is -4.41.